The Morgan fingerprint density at radius 1 is 1.42 bits per heavy atom. The van der Waals surface area contributed by atoms with Crippen LogP contribution in [-0.4, -0.2) is 31.0 Å². The number of imidazole rings is 1. The number of carboxylic acid groups (broad SMARTS) is 1. The minimum atomic E-state index is -0.978. The van der Waals surface area contributed by atoms with E-state index in [4.69, 9.17) is 5.11 Å². The SMILES string of the molecule is Cc1cc(C)n2cc(CNC(C)(C)C(=O)O)nc2n1. The Morgan fingerprint density at radius 3 is 2.74 bits per heavy atom. The predicted octanol–water partition coefficient (Wildman–Crippen LogP) is 1.30. The molecule has 0 amide bonds. The molecule has 0 spiro atoms. The molecule has 2 aromatic rings. The largest absolute Gasteiger partial charge is 0.480 e. The Morgan fingerprint density at radius 2 is 2.11 bits per heavy atom. The van der Waals surface area contributed by atoms with Crippen molar-refractivity contribution < 1.29 is 9.90 Å². The highest BCUT2D eigenvalue weighted by atomic mass is 16.4. The summed E-state index contributed by atoms with van der Waals surface area (Å²) in [6, 6.07) is 1.98. The molecule has 0 aliphatic carbocycles. The fourth-order valence-corrected chi connectivity index (χ4v) is 1.79. The molecule has 6 heteroatoms. The van der Waals surface area contributed by atoms with Gasteiger partial charge in [0.05, 0.1) is 5.69 Å². The molecule has 0 aromatic carbocycles. The van der Waals surface area contributed by atoms with E-state index in [2.05, 4.69) is 15.3 Å². The zero-order valence-electron chi connectivity index (χ0n) is 11.6. The third-order valence-corrected chi connectivity index (χ3v) is 3.06. The van der Waals surface area contributed by atoms with Crippen molar-refractivity contribution in [1.29, 1.82) is 0 Å². The van der Waals surface area contributed by atoms with Crippen LogP contribution in [0, 0.1) is 13.8 Å². The zero-order chi connectivity index (χ0) is 14.2. The maximum atomic E-state index is 11.0. The van der Waals surface area contributed by atoms with E-state index >= 15 is 0 Å². The normalized spacial score (nSPS) is 12.0. The number of carboxylic acids is 1. The molecular weight excluding hydrogens is 244 g/mol. The van der Waals surface area contributed by atoms with Gasteiger partial charge in [-0.15, -0.1) is 0 Å². The fourth-order valence-electron chi connectivity index (χ4n) is 1.79. The van der Waals surface area contributed by atoms with Crippen LogP contribution in [0.25, 0.3) is 5.78 Å². The number of carbonyl (C=O) groups is 1. The molecule has 0 radical (unpaired) electrons. The average Bonchev–Trinajstić information content (AvgIpc) is 2.69. The van der Waals surface area contributed by atoms with E-state index in [0.717, 1.165) is 17.1 Å². The third kappa shape index (κ3) is 2.73. The Kier molecular flexibility index (Phi) is 3.28. The highest BCUT2D eigenvalue weighted by molar-refractivity contribution is 5.77. The third-order valence-electron chi connectivity index (χ3n) is 3.06. The molecule has 102 valence electrons. The van der Waals surface area contributed by atoms with Crippen molar-refractivity contribution in [3.05, 3.63) is 29.3 Å². The summed E-state index contributed by atoms with van der Waals surface area (Å²) in [6.45, 7) is 7.55. The van der Waals surface area contributed by atoms with Crippen LogP contribution >= 0.6 is 0 Å². The fraction of sp³-hybridized carbons (Fsp3) is 0.462. The standard InChI is InChI=1S/C13H18N4O2/c1-8-5-9(2)17-7-10(16-12(17)15-8)6-14-13(3,4)11(18)19/h5,7,14H,6H2,1-4H3,(H,18,19). The van der Waals surface area contributed by atoms with Crippen LogP contribution in [0.2, 0.25) is 0 Å². The summed E-state index contributed by atoms with van der Waals surface area (Å²) in [5, 5.41) is 12.0. The van der Waals surface area contributed by atoms with Crippen LogP contribution in [0.4, 0.5) is 0 Å². The van der Waals surface area contributed by atoms with E-state index in [0.29, 0.717) is 12.3 Å². The van der Waals surface area contributed by atoms with Gasteiger partial charge in [0.2, 0.25) is 5.78 Å². The molecule has 0 fully saturated rings. The summed E-state index contributed by atoms with van der Waals surface area (Å²) in [7, 11) is 0. The topological polar surface area (TPSA) is 79.5 Å². The van der Waals surface area contributed by atoms with Crippen LogP contribution < -0.4 is 5.32 Å². The van der Waals surface area contributed by atoms with Crippen molar-refractivity contribution in [2.24, 2.45) is 0 Å². The number of nitrogens with one attached hydrogen (secondary N) is 1. The first kappa shape index (κ1) is 13.5. The Hall–Kier alpha value is -1.95. The van der Waals surface area contributed by atoms with Gasteiger partial charge in [0.15, 0.2) is 0 Å². The van der Waals surface area contributed by atoms with Crippen molar-refractivity contribution in [1.82, 2.24) is 19.7 Å². The molecule has 2 aromatic heterocycles. The first-order valence-corrected chi connectivity index (χ1v) is 6.10. The van der Waals surface area contributed by atoms with Gasteiger partial charge >= 0.3 is 5.97 Å². The van der Waals surface area contributed by atoms with Crippen LogP contribution in [0.5, 0.6) is 0 Å². The molecule has 0 aliphatic heterocycles. The summed E-state index contributed by atoms with van der Waals surface area (Å²) in [5.41, 5.74) is 1.77. The van der Waals surface area contributed by atoms with E-state index in [1.54, 1.807) is 13.8 Å². The molecule has 19 heavy (non-hydrogen) atoms. The Bertz CT molecular complexity index is 631. The van der Waals surface area contributed by atoms with Gasteiger partial charge in [0.1, 0.15) is 5.54 Å². The summed E-state index contributed by atoms with van der Waals surface area (Å²) in [5.74, 6) is -0.246. The zero-order valence-corrected chi connectivity index (χ0v) is 11.6. The highest BCUT2D eigenvalue weighted by Gasteiger charge is 2.26. The van der Waals surface area contributed by atoms with Gasteiger partial charge in [-0.3, -0.25) is 14.5 Å². The molecule has 6 nitrogen and oxygen atoms in total. The quantitative estimate of drug-likeness (QED) is 0.868. The van der Waals surface area contributed by atoms with Gasteiger partial charge in [-0.05, 0) is 33.8 Å². The number of hydrogen-bond acceptors (Lipinski definition) is 4. The number of nitrogens with zero attached hydrogens (tertiary/aromatic N) is 3. The number of aromatic nitrogens is 3. The molecule has 2 rings (SSSR count). The molecule has 0 saturated heterocycles. The Balaban J connectivity index is 2.23. The van der Waals surface area contributed by atoms with E-state index in [9.17, 15) is 4.79 Å². The maximum Gasteiger partial charge on any atom is 0.323 e. The van der Waals surface area contributed by atoms with Crippen molar-refractivity contribution in [2.45, 2.75) is 39.8 Å². The minimum Gasteiger partial charge on any atom is -0.480 e. The Labute approximate surface area is 111 Å². The molecular formula is C13H18N4O2. The second-order valence-corrected chi connectivity index (χ2v) is 5.22. The molecule has 2 heterocycles. The second-order valence-electron chi connectivity index (χ2n) is 5.22. The van der Waals surface area contributed by atoms with E-state index < -0.39 is 11.5 Å². The van der Waals surface area contributed by atoms with Crippen LogP contribution in [-0.2, 0) is 11.3 Å². The summed E-state index contributed by atoms with van der Waals surface area (Å²) in [6.07, 6.45) is 1.88. The smallest absolute Gasteiger partial charge is 0.323 e. The van der Waals surface area contributed by atoms with Crippen molar-refractivity contribution in [2.75, 3.05) is 0 Å². The molecule has 2 N–H and O–H groups in total. The van der Waals surface area contributed by atoms with Crippen LogP contribution in [0.15, 0.2) is 12.3 Å². The lowest BCUT2D eigenvalue weighted by atomic mass is 10.1. The van der Waals surface area contributed by atoms with Crippen molar-refractivity contribution in [3.8, 4) is 0 Å². The number of rotatable bonds is 4. The van der Waals surface area contributed by atoms with E-state index in [1.165, 1.54) is 0 Å². The lowest BCUT2D eigenvalue weighted by Crippen LogP contribution is -2.46. The molecule has 0 saturated carbocycles. The monoisotopic (exact) mass is 262 g/mol. The summed E-state index contributed by atoms with van der Waals surface area (Å²) < 4.78 is 1.90. The molecule has 0 bridgehead atoms. The minimum absolute atomic E-state index is 0.390. The van der Waals surface area contributed by atoms with Crippen LogP contribution in [0.1, 0.15) is 30.9 Å². The van der Waals surface area contributed by atoms with Gasteiger partial charge in [-0.25, -0.2) is 9.97 Å². The molecule has 0 unspecified atom stereocenters. The number of fused-ring (bicyclic) bond motifs is 1. The second kappa shape index (κ2) is 4.62. The molecule has 0 atom stereocenters. The van der Waals surface area contributed by atoms with Gasteiger partial charge in [0.25, 0.3) is 0 Å². The van der Waals surface area contributed by atoms with Gasteiger partial charge in [-0.2, -0.15) is 0 Å². The van der Waals surface area contributed by atoms with Crippen LogP contribution in [0.3, 0.4) is 0 Å². The first-order valence-electron chi connectivity index (χ1n) is 6.10. The molecule has 0 aliphatic rings. The number of aliphatic carboxylic acids is 1. The van der Waals surface area contributed by atoms with Crippen molar-refractivity contribution >= 4 is 11.7 Å². The lowest BCUT2D eigenvalue weighted by molar-refractivity contribution is -0.143. The number of hydrogen-bond donors (Lipinski definition) is 2. The predicted molar refractivity (Wildman–Crippen MR) is 71.0 cm³/mol. The lowest BCUT2D eigenvalue weighted by Gasteiger charge is -2.20. The summed E-state index contributed by atoms with van der Waals surface area (Å²) >= 11 is 0. The summed E-state index contributed by atoms with van der Waals surface area (Å²) in [4.78, 5) is 19.8. The average molecular weight is 262 g/mol. The van der Waals surface area contributed by atoms with Crippen molar-refractivity contribution in [3.63, 3.8) is 0 Å². The van der Waals surface area contributed by atoms with E-state index in [1.807, 2.05) is 30.5 Å². The maximum absolute atomic E-state index is 11.0. The number of aryl methyl sites for hydroxylation is 2. The van der Waals surface area contributed by atoms with Gasteiger partial charge < -0.3 is 5.11 Å². The van der Waals surface area contributed by atoms with Gasteiger partial charge in [-0.1, -0.05) is 0 Å². The van der Waals surface area contributed by atoms with Gasteiger partial charge in [0, 0.05) is 24.1 Å². The van der Waals surface area contributed by atoms with E-state index in [-0.39, 0.29) is 0 Å². The first-order chi connectivity index (χ1) is 8.79. The highest BCUT2D eigenvalue weighted by Crippen LogP contribution is 2.10.